The Morgan fingerprint density at radius 1 is 1.48 bits per heavy atom. The van der Waals surface area contributed by atoms with Crippen molar-refractivity contribution >= 4 is 21.4 Å². The second kappa shape index (κ2) is 5.96. The third kappa shape index (κ3) is 2.99. The standard InChI is InChI=1S/C12H17N3O5S/c1-9-8-20-6-5-14(9)21(18,19)12-4-3-10(15(16)17)7-11(12)13-2/h3-4,7,9,13H,5-6,8H2,1-2H3. The van der Waals surface area contributed by atoms with Gasteiger partial charge < -0.3 is 10.1 Å². The molecule has 0 spiro atoms. The van der Waals surface area contributed by atoms with Crippen molar-refractivity contribution in [2.24, 2.45) is 0 Å². The molecular formula is C12H17N3O5S. The van der Waals surface area contributed by atoms with Gasteiger partial charge in [-0.25, -0.2) is 8.42 Å². The van der Waals surface area contributed by atoms with E-state index in [4.69, 9.17) is 4.74 Å². The van der Waals surface area contributed by atoms with E-state index in [0.29, 0.717) is 13.2 Å². The Labute approximate surface area is 122 Å². The molecule has 1 aliphatic rings. The Balaban J connectivity index is 2.46. The smallest absolute Gasteiger partial charge is 0.271 e. The highest BCUT2D eigenvalue weighted by Crippen LogP contribution is 2.30. The lowest BCUT2D eigenvalue weighted by Gasteiger charge is -2.32. The molecule has 8 nitrogen and oxygen atoms in total. The Kier molecular flexibility index (Phi) is 4.45. The van der Waals surface area contributed by atoms with Crippen LogP contribution >= 0.6 is 0 Å². The topological polar surface area (TPSA) is 102 Å². The van der Waals surface area contributed by atoms with E-state index in [-0.39, 0.29) is 28.9 Å². The number of benzene rings is 1. The zero-order valence-corrected chi connectivity index (χ0v) is 12.6. The SMILES string of the molecule is CNc1cc([N+](=O)[O-])ccc1S(=O)(=O)N1CCOCC1C. The Morgan fingerprint density at radius 2 is 2.19 bits per heavy atom. The van der Waals surface area contributed by atoms with Crippen molar-refractivity contribution in [3.05, 3.63) is 28.3 Å². The van der Waals surface area contributed by atoms with Crippen LogP contribution in [-0.2, 0) is 14.8 Å². The van der Waals surface area contributed by atoms with Gasteiger partial charge in [0.25, 0.3) is 5.69 Å². The van der Waals surface area contributed by atoms with Gasteiger partial charge in [-0.3, -0.25) is 10.1 Å². The van der Waals surface area contributed by atoms with Gasteiger partial charge in [0.2, 0.25) is 10.0 Å². The lowest BCUT2D eigenvalue weighted by molar-refractivity contribution is -0.384. The second-order valence-corrected chi connectivity index (χ2v) is 6.59. The first-order valence-electron chi connectivity index (χ1n) is 6.43. The van der Waals surface area contributed by atoms with Gasteiger partial charge in [0.1, 0.15) is 4.90 Å². The zero-order chi connectivity index (χ0) is 15.6. The number of nitro benzene ring substituents is 1. The summed E-state index contributed by atoms with van der Waals surface area (Å²) in [6.07, 6.45) is 0. The molecule has 0 radical (unpaired) electrons. The van der Waals surface area contributed by atoms with E-state index in [1.165, 1.54) is 29.6 Å². The third-order valence-corrected chi connectivity index (χ3v) is 5.41. The maximum atomic E-state index is 12.7. The molecule has 1 aromatic carbocycles. The van der Waals surface area contributed by atoms with Crippen LogP contribution in [-0.4, -0.2) is 50.5 Å². The van der Waals surface area contributed by atoms with Crippen LogP contribution in [0.1, 0.15) is 6.92 Å². The summed E-state index contributed by atoms with van der Waals surface area (Å²) in [5.41, 5.74) is 0.0521. The predicted octanol–water partition coefficient (Wildman–Crippen LogP) is 1.05. The quantitative estimate of drug-likeness (QED) is 0.658. The second-order valence-electron chi connectivity index (χ2n) is 4.73. The lowest BCUT2D eigenvalue weighted by Crippen LogP contribution is -2.47. The van der Waals surface area contributed by atoms with Crippen molar-refractivity contribution in [1.29, 1.82) is 0 Å². The van der Waals surface area contributed by atoms with E-state index in [1.54, 1.807) is 6.92 Å². The number of ether oxygens (including phenoxy) is 1. The predicted molar refractivity (Wildman–Crippen MR) is 76.8 cm³/mol. The molecule has 116 valence electrons. The number of morpholine rings is 1. The molecule has 0 aliphatic carbocycles. The number of nitro groups is 1. The molecule has 21 heavy (non-hydrogen) atoms. The van der Waals surface area contributed by atoms with Gasteiger partial charge in [-0.1, -0.05) is 0 Å². The average molecular weight is 315 g/mol. The van der Waals surface area contributed by atoms with Gasteiger partial charge in [0, 0.05) is 31.8 Å². The number of nitrogens with zero attached hydrogens (tertiary/aromatic N) is 2. The molecule has 1 saturated heterocycles. The fourth-order valence-corrected chi connectivity index (χ4v) is 4.03. The summed E-state index contributed by atoms with van der Waals surface area (Å²) in [7, 11) is -2.20. The van der Waals surface area contributed by atoms with E-state index in [2.05, 4.69) is 5.32 Å². The van der Waals surface area contributed by atoms with Crippen LogP contribution in [0, 0.1) is 10.1 Å². The molecule has 1 atom stereocenters. The first kappa shape index (κ1) is 15.7. The van der Waals surface area contributed by atoms with Crippen LogP contribution in [0.4, 0.5) is 11.4 Å². The van der Waals surface area contributed by atoms with Gasteiger partial charge in [-0.05, 0) is 13.0 Å². The van der Waals surface area contributed by atoms with Gasteiger partial charge in [-0.2, -0.15) is 4.31 Å². The summed E-state index contributed by atoms with van der Waals surface area (Å²) in [6, 6.07) is 3.40. The van der Waals surface area contributed by atoms with Crippen LogP contribution in [0.5, 0.6) is 0 Å². The number of sulfonamides is 1. The van der Waals surface area contributed by atoms with Crippen molar-refractivity contribution in [1.82, 2.24) is 4.31 Å². The summed E-state index contributed by atoms with van der Waals surface area (Å²) in [6.45, 7) is 2.71. The summed E-state index contributed by atoms with van der Waals surface area (Å²) >= 11 is 0. The summed E-state index contributed by atoms with van der Waals surface area (Å²) in [5.74, 6) is 0. The van der Waals surface area contributed by atoms with Gasteiger partial charge >= 0.3 is 0 Å². The molecule has 1 fully saturated rings. The minimum Gasteiger partial charge on any atom is -0.387 e. The highest BCUT2D eigenvalue weighted by Gasteiger charge is 2.33. The van der Waals surface area contributed by atoms with Crippen LogP contribution in [0.2, 0.25) is 0 Å². The first-order valence-corrected chi connectivity index (χ1v) is 7.87. The van der Waals surface area contributed by atoms with Crippen LogP contribution in [0.15, 0.2) is 23.1 Å². The highest BCUT2D eigenvalue weighted by molar-refractivity contribution is 7.89. The fourth-order valence-electron chi connectivity index (χ4n) is 2.25. The number of hydrogen-bond donors (Lipinski definition) is 1. The first-order chi connectivity index (χ1) is 9.87. The Morgan fingerprint density at radius 3 is 2.76 bits per heavy atom. The van der Waals surface area contributed by atoms with Gasteiger partial charge in [0.15, 0.2) is 0 Å². The number of nitrogens with one attached hydrogen (secondary N) is 1. The molecule has 0 saturated carbocycles. The highest BCUT2D eigenvalue weighted by atomic mass is 32.2. The van der Waals surface area contributed by atoms with Crippen molar-refractivity contribution < 1.29 is 18.1 Å². The monoisotopic (exact) mass is 315 g/mol. The maximum absolute atomic E-state index is 12.7. The van der Waals surface area contributed by atoms with E-state index >= 15 is 0 Å². The molecule has 1 aromatic rings. The third-order valence-electron chi connectivity index (χ3n) is 3.34. The Bertz CT molecular complexity index is 646. The average Bonchev–Trinajstić information content (AvgIpc) is 2.46. The fraction of sp³-hybridized carbons (Fsp3) is 0.500. The van der Waals surface area contributed by atoms with Gasteiger partial charge in [-0.15, -0.1) is 0 Å². The zero-order valence-electron chi connectivity index (χ0n) is 11.8. The van der Waals surface area contributed by atoms with Crippen molar-refractivity contribution in [2.45, 2.75) is 17.9 Å². The van der Waals surface area contributed by atoms with E-state index in [9.17, 15) is 18.5 Å². The van der Waals surface area contributed by atoms with Crippen molar-refractivity contribution in [3.63, 3.8) is 0 Å². The summed E-state index contributed by atoms with van der Waals surface area (Å²) in [4.78, 5) is 10.3. The normalized spacial score (nSPS) is 20.2. The molecule has 1 unspecified atom stereocenters. The van der Waals surface area contributed by atoms with E-state index in [0.717, 1.165) is 0 Å². The minimum atomic E-state index is -3.73. The molecule has 1 aliphatic heterocycles. The molecule has 1 heterocycles. The molecule has 1 N–H and O–H groups in total. The lowest BCUT2D eigenvalue weighted by atomic mass is 10.3. The maximum Gasteiger partial charge on any atom is 0.271 e. The van der Waals surface area contributed by atoms with Crippen molar-refractivity contribution in [2.75, 3.05) is 32.1 Å². The summed E-state index contributed by atoms with van der Waals surface area (Å²) < 4.78 is 32.0. The number of rotatable bonds is 4. The van der Waals surface area contributed by atoms with Crippen LogP contribution in [0.3, 0.4) is 0 Å². The molecular weight excluding hydrogens is 298 g/mol. The van der Waals surface area contributed by atoms with Gasteiger partial charge in [0.05, 0.1) is 23.8 Å². The molecule has 2 rings (SSSR count). The molecule has 0 amide bonds. The van der Waals surface area contributed by atoms with E-state index in [1.807, 2.05) is 0 Å². The minimum absolute atomic E-state index is 0.0318. The number of non-ortho nitro benzene ring substituents is 1. The number of anilines is 1. The number of hydrogen-bond acceptors (Lipinski definition) is 6. The van der Waals surface area contributed by atoms with Crippen molar-refractivity contribution in [3.8, 4) is 0 Å². The Hall–Kier alpha value is -1.71. The van der Waals surface area contributed by atoms with Crippen LogP contribution < -0.4 is 5.32 Å². The molecule has 0 bridgehead atoms. The van der Waals surface area contributed by atoms with Crippen LogP contribution in [0.25, 0.3) is 0 Å². The molecule has 0 aromatic heterocycles. The molecule has 9 heteroatoms. The van der Waals surface area contributed by atoms with E-state index < -0.39 is 14.9 Å². The largest absolute Gasteiger partial charge is 0.387 e. The summed E-state index contributed by atoms with van der Waals surface area (Å²) in [5, 5.41) is 13.5.